The number of carbonyl (C=O) groups is 1. The Kier molecular flexibility index (Phi) is 6.62. The van der Waals surface area contributed by atoms with Crippen molar-refractivity contribution in [2.45, 2.75) is 12.7 Å². The Hall–Kier alpha value is -2.54. The molecule has 0 bridgehead atoms. The van der Waals surface area contributed by atoms with Gasteiger partial charge in [0.05, 0.1) is 23.0 Å². The van der Waals surface area contributed by atoms with Gasteiger partial charge in [-0.15, -0.1) is 11.8 Å². The molecule has 0 aliphatic heterocycles. The number of para-hydroxylation sites is 2. The van der Waals surface area contributed by atoms with Crippen molar-refractivity contribution in [3.05, 3.63) is 64.2 Å². The lowest BCUT2D eigenvalue weighted by Gasteiger charge is -2.11. The third-order valence-electron chi connectivity index (χ3n) is 3.11. The number of nitro groups is 1. The van der Waals surface area contributed by atoms with Crippen LogP contribution in [0.15, 0.2) is 48.5 Å². The lowest BCUT2D eigenvalue weighted by Crippen LogP contribution is -2.15. The van der Waals surface area contributed by atoms with Gasteiger partial charge in [-0.05, 0) is 24.6 Å². The number of anilines is 1. The summed E-state index contributed by atoms with van der Waals surface area (Å²) in [7, 11) is 0. The molecule has 0 saturated heterocycles. The normalized spacial score (nSPS) is 10.2. The molecule has 0 aliphatic rings. The zero-order valence-corrected chi connectivity index (χ0v) is 14.0. The molecular formula is C17H18N2O4S. The summed E-state index contributed by atoms with van der Waals surface area (Å²) in [6.45, 7) is 2.42. The predicted molar refractivity (Wildman–Crippen MR) is 95.5 cm³/mol. The van der Waals surface area contributed by atoms with E-state index < -0.39 is 4.92 Å². The molecule has 24 heavy (non-hydrogen) atoms. The number of nitrogens with zero attached hydrogens (tertiary/aromatic N) is 1. The summed E-state index contributed by atoms with van der Waals surface area (Å²) < 4.78 is 5.47. The second-order valence-electron chi connectivity index (χ2n) is 4.89. The molecular weight excluding hydrogens is 328 g/mol. The Bertz CT molecular complexity index is 704. The quantitative estimate of drug-likeness (QED) is 0.580. The first-order chi connectivity index (χ1) is 11.6. The van der Waals surface area contributed by atoms with Crippen LogP contribution in [-0.2, 0) is 10.5 Å². The molecule has 1 amide bonds. The molecule has 0 heterocycles. The van der Waals surface area contributed by atoms with E-state index in [9.17, 15) is 14.9 Å². The number of ether oxygens (including phenoxy) is 1. The molecule has 0 spiro atoms. The van der Waals surface area contributed by atoms with Crippen molar-refractivity contribution in [3.63, 3.8) is 0 Å². The molecule has 0 aromatic heterocycles. The van der Waals surface area contributed by atoms with Gasteiger partial charge in [0.2, 0.25) is 5.91 Å². The van der Waals surface area contributed by atoms with Gasteiger partial charge in [-0.3, -0.25) is 14.9 Å². The summed E-state index contributed by atoms with van der Waals surface area (Å²) in [6.07, 6.45) is 0. The third kappa shape index (κ3) is 5.27. The molecule has 2 rings (SSSR count). The van der Waals surface area contributed by atoms with E-state index in [0.717, 1.165) is 5.56 Å². The minimum Gasteiger partial charge on any atom is -0.492 e. The maximum absolute atomic E-state index is 12.0. The highest BCUT2D eigenvalue weighted by atomic mass is 32.2. The number of thioether (sulfide) groups is 1. The highest BCUT2D eigenvalue weighted by Crippen LogP contribution is 2.24. The maximum Gasteiger partial charge on any atom is 0.269 e. The zero-order valence-electron chi connectivity index (χ0n) is 13.2. The first-order valence-electron chi connectivity index (χ1n) is 7.43. The van der Waals surface area contributed by atoms with Crippen molar-refractivity contribution in [1.82, 2.24) is 0 Å². The predicted octanol–water partition coefficient (Wildman–Crippen LogP) is 3.87. The Morgan fingerprint density at radius 2 is 1.92 bits per heavy atom. The van der Waals surface area contributed by atoms with Crippen LogP contribution >= 0.6 is 11.8 Å². The number of hydrogen-bond donors (Lipinski definition) is 1. The number of nitrogens with one attached hydrogen (secondary N) is 1. The van der Waals surface area contributed by atoms with Gasteiger partial charge in [-0.2, -0.15) is 0 Å². The van der Waals surface area contributed by atoms with Crippen molar-refractivity contribution in [2.24, 2.45) is 0 Å². The second kappa shape index (κ2) is 8.93. The Balaban J connectivity index is 1.82. The number of non-ortho nitro benzene ring substituents is 1. The van der Waals surface area contributed by atoms with E-state index >= 15 is 0 Å². The average molecular weight is 346 g/mol. The van der Waals surface area contributed by atoms with E-state index in [1.807, 2.05) is 25.1 Å². The Morgan fingerprint density at radius 3 is 2.58 bits per heavy atom. The van der Waals surface area contributed by atoms with Crippen LogP contribution < -0.4 is 10.1 Å². The van der Waals surface area contributed by atoms with Crippen molar-refractivity contribution >= 4 is 29.0 Å². The first kappa shape index (κ1) is 17.8. The summed E-state index contributed by atoms with van der Waals surface area (Å²) in [6, 6.07) is 13.6. The molecule has 126 valence electrons. The number of hydrogen-bond acceptors (Lipinski definition) is 5. The molecule has 0 fully saturated rings. The van der Waals surface area contributed by atoms with Crippen LogP contribution in [0.25, 0.3) is 0 Å². The minimum absolute atomic E-state index is 0.0639. The van der Waals surface area contributed by atoms with E-state index in [1.165, 1.54) is 23.9 Å². The highest BCUT2D eigenvalue weighted by molar-refractivity contribution is 7.99. The van der Waals surface area contributed by atoms with Crippen molar-refractivity contribution in [2.75, 3.05) is 17.7 Å². The highest BCUT2D eigenvalue weighted by Gasteiger charge is 2.08. The average Bonchev–Trinajstić information content (AvgIpc) is 2.57. The number of carbonyl (C=O) groups excluding carboxylic acids is 1. The van der Waals surface area contributed by atoms with E-state index in [0.29, 0.717) is 23.8 Å². The van der Waals surface area contributed by atoms with Crippen LogP contribution in [0.1, 0.15) is 12.5 Å². The van der Waals surface area contributed by atoms with Gasteiger partial charge in [-0.25, -0.2) is 0 Å². The first-order valence-corrected chi connectivity index (χ1v) is 8.58. The summed E-state index contributed by atoms with van der Waals surface area (Å²) in [5, 5.41) is 13.4. The van der Waals surface area contributed by atoms with Gasteiger partial charge in [0, 0.05) is 17.9 Å². The van der Waals surface area contributed by atoms with E-state index in [1.54, 1.807) is 18.2 Å². The van der Waals surface area contributed by atoms with Gasteiger partial charge >= 0.3 is 0 Å². The molecule has 0 aliphatic carbocycles. The lowest BCUT2D eigenvalue weighted by atomic mass is 10.2. The Morgan fingerprint density at radius 1 is 1.21 bits per heavy atom. The van der Waals surface area contributed by atoms with Gasteiger partial charge in [0.1, 0.15) is 5.75 Å². The van der Waals surface area contributed by atoms with Crippen LogP contribution in [0.5, 0.6) is 5.75 Å². The van der Waals surface area contributed by atoms with Gasteiger partial charge in [-0.1, -0.05) is 24.3 Å². The summed E-state index contributed by atoms with van der Waals surface area (Å²) in [5.74, 6) is 1.43. The van der Waals surface area contributed by atoms with Crippen LogP contribution in [0.2, 0.25) is 0 Å². The van der Waals surface area contributed by atoms with Crippen LogP contribution in [0.3, 0.4) is 0 Å². The molecule has 0 unspecified atom stereocenters. The SMILES string of the molecule is CCOc1ccccc1NC(=O)CSCc1ccc([N+](=O)[O-])cc1. The largest absolute Gasteiger partial charge is 0.492 e. The topological polar surface area (TPSA) is 81.5 Å². The monoisotopic (exact) mass is 346 g/mol. The lowest BCUT2D eigenvalue weighted by molar-refractivity contribution is -0.384. The maximum atomic E-state index is 12.0. The third-order valence-corrected chi connectivity index (χ3v) is 4.11. The van der Waals surface area contributed by atoms with Crippen LogP contribution in [-0.4, -0.2) is 23.2 Å². The second-order valence-corrected chi connectivity index (χ2v) is 5.88. The van der Waals surface area contributed by atoms with Crippen molar-refractivity contribution in [3.8, 4) is 5.75 Å². The smallest absolute Gasteiger partial charge is 0.269 e. The summed E-state index contributed by atoms with van der Waals surface area (Å²) >= 11 is 1.44. The number of nitro benzene ring substituents is 1. The zero-order chi connectivity index (χ0) is 17.4. The molecule has 0 saturated carbocycles. The number of benzene rings is 2. The van der Waals surface area contributed by atoms with Crippen LogP contribution in [0, 0.1) is 10.1 Å². The fourth-order valence-electron chi connectivity index (χ4n) is 2.01. The standard InChI is InChI=1S/C17H18N2O4S/c1-2-23-16-6-4-3-5-15(16)18-17(20)12-24-11-13-7-9-14(10-8-13)19(21)22/h3-10H,2,11-12H2,1H3,(H,18,20). The van der Waals surface area contributed by atoms with Crippen LogP contribution in [0.4, 0.5) is 11.4 Å². The molecule has 6 nitrogen and oxygen atoms in total. The summed E-state index contributed by atoms with van der Waals surface area (Å²) in [4.78, 5) is 22.2. The van der Waals surface area contributed by atoms with Crippen molar-refractivity contribution in [1.29, 1.82) is 0 Å². The fourth-order valence-corrected chi connectivity index (χ4v) is 2.80. The molecule has 7 heteroatoms. The van der Waals surface area contributed by atoms with E-state index in [2.05, 4.69) is 5.32 Å². The Labute approximate surface area is 144 Å². The summed E-state index contributed by atoms with van der Waals surface area (Å²) in [5.41, 5.74) is 1.66. The fraction of sp³-hybridized carbons (Fsp3) is 0.235. The van der Waals surface area contributed by atoms with Gasteiger partial charge in [0.15, 0.2) is 0 Å². The van der Waals surface area contributed by atoms with E-state index in [-0.39, 0.29) is 17.3 Å². The minimum atomic E-state index is -0.430. The number of amides is 1. The molecule has 2 aromatic rings. The molecule has 1 N–H and O–H groups in total. The van der Waals surface area contributed by atoms with E-state index in [4.69, 9.17) is 4.74 Å². The molecule has 2 aromatic carbocycles. The number of rotatable bonds is 8. The van der Waals surface area contributed by atoms with Gasteiger partial charge in [0.25, 0.3) is 5.69 Å². The molecule has 0 radical (unpaired) electrons. The molecule has 0 atom stereocenters. The van der Waals surface area contributed by atoms with Crippen molar-refractivity contribution < 1.29 is 14.5 Å². The van der Waals surface area contributed by atoms with Gasteiger partial charge < -0.3 is 10.1 Å².